The van der Waals surface area contributed by atoms with E-state index < -0.39 is 0 Å². The Morgan fingerprint density at radius 2 is 2.12 bits per heavy atom. The lowest BCUT2D eigenvalue weighted by molar-refractivity contribution is 0.753. The number of rotatable bonds is 4. The average molecular weight is 246 g/mol. The zero-order valence-corrected chi connectivity index (χ0v) is 11.1. The van der Waals surface area contributed by atoms with Crippen molar-refractivity contribution in [3.8, 4) is 0 Å². The van der Waals surface area contributed by atoms with E-state index in [-0.39, 0.29) is 0 Å². The third kappa shape index (κ3) is 2.68. The van der Waals surface area contributed by atoms with Crippen molar-refractivity contribution in [3.05, 3.63) is 52.2 Å². The summed E-state index contributed by atoms with van der Waals surface area (Å²) in [5.41, 5.74) is 8.06. The van der Waals surface area contributed by atoms with E-state index in [1.165, 1.54) is 16.1 Å². The number of hydrogen-bond donors (Lipinski definition) is 1. The summed E-state index contributed by atoms with van der Waals surface area (Å²) in [5.74, 6) is 0. The molecule has 2 aromatic rings. The van der Waals surface area contributed by atoms with Crippen LogP contribution in [0.25, 0.3) is 0 Å². The van der Waals surface area contributed by atoms with E-state index in [0.29, 0.717) is 12.6 Å². The Kier molecular flexibility index (Phi) is 3.82. The van der Waals surface area contributed by atoms with E-state index in [2.05, 4.69) is 60.6 Å². The number of thiophene rings is 1. The van der Waals surface area contributed by atoms with Crippen LogP contribution in [-0.2, 0) is 6.54 Å². The molecule has 0 aliphatic carbocycles. The van der Waals surface area contributed by atoms with Crippen LogP contribution in [0.4, 0.5) is 5.69 Å². The summed E-state index contributed by atoms with van der Waals surface area (Å²) in [5, 5.41) is 2.12. The monoisotopic (exact) mass is 246 g/mol. The maximum atomic E-state index is 5.67. The lowest BCUT2D eigenvalue weighted by Gasteiger charge is -2.26. The predicted molar refractivity (Wildman–Crippen MR) is 75.5 cm³/mol. The molecule has 0 radical (unpaired) electrons. The molecular formula is C14H18N2S. The van der Waals surface area contributed by atoms with Crippen LogP contribution in [0, 0.1) is 0 Å². The second kappa shape index (κ2) is 5.34. The molecule has 0 saturated heterocycles. The summed E-state index contributed by atoms with van der Waals surface area (Å²) >= 11 is 1.80. The lowest BCUT2D eigenvalue weighted by atomic mass is 10.1. The molecule has 0 spiro atoms. The lowest BCUT2D eigenvalue weighted by Crippen LogP contribution is -2.20. The molecule has 1 unspecified atom stereocenters. The highest BCUT2D eigenvalue weighted by atomic mass is 32.1. The van der Waals surface area contributed by atoms with Crippen molar-refractivity contribution in [3.63, 3.8) is 0 Å². The maximum absolute atomic E-state index is 5.67. The first-order valence-electron chi connectivity index (χ1n) is 5.77. The van der Waals surface area contributed by atoms with Crippen LogP contribution in [0.15, 0.2) is 41.8 Å². The van der Waals surface area contributed by atoms with Crippen molar-refractivity contribution >= 4 is 17.0 Å². The second-order valence-electron chi connectivity index (χ2n) is 4.18. The highest BCUT2D eigenvalue weighted by Crippen LogP contribution is 2.28. The standard InChI is InChI=1S/C14H18N2S/c1-11(14-7-4-8-17-14)16(2)13-6-3-5-12(9-13)10-15/h3-9,11H,10,15H2,1-2H3. The Balaban J connectivity index is 2.21. The Hall–Kier alpha value is -1.32. The molecule has 90 valence electrons. The molecule has 0 aliphatic rings. The van der Waals surface area contributed by atoms with Crippen molar-refractivity contribution in [1.29, 1.82) is 0 Å². The zero-order chi connectivity index (χ0) is 12.3. The topological polar surface area (TPSA) is 29.3 Å². The molecule has 0 amide bonds. The van der Waals surface area contributed by atoms with Crippen LogP contribution in [0.3, 0.4) is 0 Å². The highest BCUT2D eigenvalue weighted by Gasteiger charge is 2.13. The average Bonchev–Trinajstić information content (AvgIpc) is 2.91. The van der Waals surface area contributed by atoms with Gasteiger partial charge in [-0.3, -0.25) is 0 Å². The molecule has 1 aromatic carbocycles. The van der Waals surface area contributed by atoms with Gasteiger partial charge in [-0.1, -0.05) is 18.2 Å². The van der Waals surface area contributed by atoms with Crippen LogP contribution < -0.4 is 10.6 Å². The van der Waals surface area contributed by atoms with Crippen molar-refractivity contribution < 1.29 is 0 Å². The van der Waals surface area contributed by atoms with Gasteiger partial charge in [0.2, 0.25) is 0 Å². The normalized spacial score (nSPS) is 12.4. The van der Waals surface area contributed by atoms with Crippen LogP contribution in [0.5, 0.6) is 0 Å². The molecule has 3 heteroatoms. The second-order valence-corrected chi connectivity index (χ2v) is 5.16. The van der Waals surface area contributed by atoms with Crippen LogP contribution in [0.1, 0.15) is 23.4 Å². The number of hydrogen-bond acceptors (Lipinski definition) is 3. The van der Waals surface area contributed by atoms with Crippen molar-refractivity contribution in [2.75, 3.05) is 11.9 Å². The minimum Gasteiger partial charge on any atom is -0.367 e. The van der Waals surface area contributed by atoms with Gasteiger partial charge < -0.3 is 10.6 Å². The van der Waals surface area contributed by atoms with E-state index in [1.54, 1.807) is 11.3 Å². The van der Waals surface area contributed by atoms with E-state index >= 15 is 0 Å². The van der Waals surface area contributed by atoms with Crippen molar-refractivity contribution in [2.45, 2.75) is 19.5 Å². The van der Waals surface area contributed by atoms with Crippen LogP contribution >= 0.6 is 11.3 Å². The molecule has 2 nitrogen and oxygen atoms in total. The molecule has 2 rings (SSSR count). The Bertz CT molecular complexity index is 465. The quantitative estimate of drug-likeness (QED) is 0.896. The fourth-order valence-corrected chi connectivity index (χ4v) is 2.67. The van der Waals surface area contributed by atoms with E-state index in [9.17, 15) is 0 Å². The van der Waals surface area contributed by atoms with Crippen molar-refractivity contribution in [1.82, 2.24) is 0 Å². The molecule has 1 heterocycles. The minimum absolute atomic E-state index is 0.392. The summed E-state index contributed by atoms with van der Waals surface area (Å²) in [7, 11) is 2.13. The summed E-state index contributed by atoms with van der Waals surface area (Å²) in [6, 6.07) is 13.1. The first kappa shape index (κ1) is 12.1. The van der Waals surface area contributed by atoms with Gasteiger partial charge in [0.1, 0.15) is 0 Å². The molecule has 1 atom stereocenters. The smallest absolute Gasteiger partial charge is 0.0603 e. The third-order valence-corrected chi connectivity index (χ3v) is 4.13. The molecular weight excluding hydrogens is 228 g/mol. The van der Waals surface area contributed by atoms with Crippen LogP contribution in [-0.4, -0.2) is 7.05 Å². The summed E-state index contributed by atoms with van der Waals surface area (Å²) in [6.07, 6.45) is 0. The number of anilines is 1. The summed E-state index contributed by atoms with van der Waals surface area (Å²) in [6.45, 7) is 2.82. The van der Waals surface area contributed by atoms with Gasteiger partial charge in [0.25, 0.3) is 0 Å². The Morgan fingerprint density at radius 1 is 1.29 bits per heavy atom. The van der Waals surface area contributed by atoms with Gasteiger partial charge in [0.15, 0.2) is 0 Å². The SMILES string of the molecule is CC(c1cccs1)N(C)c1cccc(CN)c1. The fraction of sp³-hybridized carbons (Fsp3) is 0.286. The Labute approximate surface area is 107 Å². The van der Waals surface area contributed by atoms with Gasteiger partial charge in [0.05, 0.1) is 6.04 Å². The largest absolute Gasteiger partial charge is 0.367 e. The number of benzene rings is 1. The fourth-order valence-electron chi connectivity index (χ4n) is 1.85. The first-order chi connectivity index (χ1) is 8.22. The molecule has 2 N–H and O–H groups in total. The third-order valence-electron chi connectivity index (χ3n) is 3.09. The molecule has 0 fully saturated rings. The predicted octanol–water partition coefficient (Wildman–Crippen LogP) is 3.40. The zero-order valence-electron chi connectivity index (χ0n) is 10.3. The van der Waals surface area contributed by atoms with Crippen LogP contribution in [0.2, 0.25) is 0 Å². The van der Waals surface area contributed by atoms with Gasteiger partial charge in [-0.2, -0.15) is 0 Å². The minimum atomic E-state index is 0.392. The van der Waals surface area contributed by atoms with E-state index in [0.717, 1.165) is 0 Å². The molecule has 0 aliphatic heterocycles. The number of nitrogens with two attached hydrogens (primary N) is 1. The molecule has 0 saturated carbocycles. The van der Waals surface area contributed by atoms with Gasteiger partial charge in [0, 0.05) is 24.2 Å². The summed E-state index contributed by atoms with van der Waals surface area (Å²) in [4.78, 5) is 3.66. The molecule has 0 bridgehead atoms. The first-order valence-corrected chi connectivity index (χ1v) is 6.65. The molecule has 17 heavy (non-hydrogen) atoms. The Morgan fingerprint density at radius 3 is 2.76 bits per heavy atom. The van der Waals surface area contributed by atoms with Gasteiger partial charge in [-0.05, 0) is 36.1 Å². The van der Waals surface area contributed by atoms with Gasteiger partial charge in [-0.15, -0.1) is 11.3 Å². The van der Waals surface area contributed by atoms with Crippen molar-refractivity contribution in [2.24, 2.45) is 5.73 Å². The highest BCUT2D eigenvalue weighted by molar-refractivity contribution is 7.10. The summed E-state index contributed by atoms with van der Waals surface area (Å²) < 4.78 is 0. The molecule has 1 aromatic heterocycles. The van der Waals surface area contributed by atoms with Gasteiger partial charge in [-0.25, -0.2) is 0 Å². The van der Waals surface area contributed by atoms with Gasteiger partial charge >= 0.3 is 0 Å². The maximum Gasteiger partial charge on any atom is 0.0603 e. The number of nitrogens with zero attached hydrogens (tertiary/aromatic N) is 1. The van der Waals surface area contributed by atoms with E-state index in [4.69, 9.17) is 5.73 Å². The van der Waals surface area contributed by atoms with E-state index in [1.807, 2.05) is 0 Å².